The highest BCUT2D eigenvalue weighted by Gasteiger charge is 2.22. The van der Waals surface area contributed by atoms with Crippen molar-refractivity contribution in [2.24, 2.45) is 5.92 Å². The summed E-state index contributed by atoms with van der Waals surface area (Å²) in [6, 6.07) is 6.32. The number of rotatable bonds is 6. The van der Waals surface area contributed by atoms with Crippen molar-refractivity contribution in [1.29, 1.82) is 0 Å². The first kappa shape index (κ1) is 14.2. The summed E-state index contributed by atoms with van der Waals surface area (Å²) in [5.41, 5.74) is 1.19. The Morgan fingerprint density at radius 3 is 3.00 bits per heavy atom. The summed E-state index contributed by atoms with van der Waals surface area (Å²) in [6.07, 6.45) is 0.986. The van der Waals surface area contributed by atoms with Crippen LogP contribution in [0, 0.1) is 5.92 Å². The molecule has 1 aromatic carbocycles. The number of fused-ring (bicyclic) bond motifs is 1. The molecule has 4 nitrogen and oxygen atoms in total. The monoisotopic (exact) mass is 265 g/mol. The van der Waals surface area contributed by atoms with Gasteiger partial charge in [-0.05, 0) is 24.1 Å². The number of hydrogen-bond donors (Lipinski definition) is 1. The molecule has 19 heavy (non-hydrogen) atoms. The van der Waals surface area contributed by atoms with Crippen LogP contribution in [-0.2, 0) is 4.74 Å². The Bertz CT molecular complexity index is 408. The van der Waals surface area contributed by atoms with Crippen molar-refractivity contribution in [2.75, 3.05) is 34.0 Å². The Kier molecular flexibility index (Phi) is 5.05. The van der Waals surface area contributed by atoms with E-state index in [4.69, 9.17) is 14.2 Å². The lowest BCUT2D eigenvalue weighted by Gasteiger charge is -2.28. The highest BCUT2D eigenvalue weighted by Crippen LogP contribution is 2.34. The Morgan fingerprint density at radius 2 is 2.26 bits per heavy atom. The minimum atomic E-state index is 0.332. The van der Waals surface area contributed by atoms with E-state index in [9.17, 15) is 0 Å². The van der Waals surface area contributed by atoms with E-state index < -0.39 is 0 Å². The minimum Gasteiger partial charge on any atom is -0.497 e. The number of hydrogen-bond acceptors (Lipinski definition) is 4. The topological polar surface area (TPSA) is 39.7 Å². The van der Waals surface area contributed by atoms with E-state index in [0.717, 1.165) is 37.7 Å². The Morgan fingerprint density at radius 1 is 1.42 bits per heavy atom. The maximum Gasteiger partial charge on any atom is 0.124 e. The normalized spacial score (nSPS) is 19.4. The van der Waals surface area contributed by atoms with E-state index in [1.807, 2.05) is 12.1 Å². The Hall–Kier alpha value is -1.26. The van der Waals surface area contributed by atoms with Crippen LogP contribution in [0.2, 0.25) is 0 Å². The van der Waals surface area contributed by atoms with Gasteiger partial charge in [-0.2, -0.15) is 0 Å². The number of benzene rings is 1. The van der Waals surface area contributed by atoms with Gasteiger partial charge in [0.25, 0.3) is 0 Å². The largest absolute Gasteiger partial charge is 0.497 e. The predicted molar refractivity (Wildman–Crippen MR) is 74.9 cm³/mol. The third kappa shape index (κ3) is 3.61. The fourth-order valence-electron chi connectivity index (χ4n) is 2.40. The highest BCUT2D eigenvalue weighted by atomic mass is 16.5. The second-order valence-electron chi connectivity index (χ2n) is 5.06. The molecule has 0 fully saturated rings. The van der Waals surface area contributed by atoms with Crippen LogP contribution in [0.25, 0.3) is 0 Å². The molecule has 1 aromatic rings. The van der Waals surface area contributed by atoms with Crippen LogP contribution in [0.3, 0.4) is 0 Å². The zero-order valence-corrected chi connectivity index (χ0v) is 11.9. The average Bonchev–Trinajstić information content (AvgIpc) is 2.44. The van der Waals surface area contributed by atoms with Crippen molar-refractivity contribution in [3.8, 4) is 11.5 Å². The Labute approximate surface area is 115 Å². The first-order valence-corrected chi connectivity index (χ1v) is 6.77. The number of ether oxygens (including phenoxy) is 3. The summed E-state index contributed by atoms with van der Waals surface area (Å²) in [6.45, 7) is 4.66. The molecule has 1 aliphatic heterocycles. The van der Waals surface area contributed by atoms with Gasteiger partial charge in [-0.15, -0.1) is 0 Å². The van der Waals surface area contributed by atoms with Crippen LogP contribution in [0.4, 0.5) is 0 Å². The van der Waals surface area contributed by atoms with Crippen molar-refractivity contribution < 1.29 is 14.2 Å². The van der Waals surface area contributed by atoms with Gasteiger partial charge in [-0.3, -0.25) is 0 Å². The number of nitrogens with one attached hydrogen (secondary N) is 1. The lowest BCUT2D eigenvalue weighted by atomic mass is 9.99. The zero-order valence-electron chi connectivity index (χ0n) is 11.9. The molecule has 1 heterocycles. The van der Waals surface area contributed by atoms with Gasteiger partial charge in [0, 0.05) is 38.3 Å². The van der Waals surface area contributed by atoms with Gasteiger partial charge in [0.05, 0.1) is 13.7 Å². The molecule has 1 aliphatic rings. The molecule has 4 heteroatoms. The predicted octanol–water partition coefficient (Wildman–Crippen LogP) is 2.39. The molecule has 0 saturated carbocycles. The third-order valence-corrected chi connectivity index (χ3v) is 3.42. The van der Waals surface area contributed by atoms with E-state index in [1.165, 1.54) is 5.56 Å². The average molecular weight is 265 g/mol. The molecule has 0 spiro atoms. The van der Waals surface area contributed by atoms with Gasteiger partial charge in [0.1, 0.15) is 11.5 Å². The number of methoxy groups -OCH3 is 2. The van der Waals surface area contributed by atoms with Crippen molar-refractivity contribution in [3.63, 3.8) is 0 Å². The maximum absolute atomic E-state index is 5.69. The second kappa shape index (κ2) is 6.78. The van der Waals surface area contributed by atoms with E-state index in [-0.39, 0.29) is 0 Å². The molecule has 2 rings (SSSR count). The third-order valence-electron chi connectivity index (χ3n) is 3.42. The summed E-state index contributed by atoms with van der Waals surface area (Å²) in [7, 11) is 3.43. The zero-order chi connectivity index (χ0) is 13.7. The van der Waals surface area contributed by atoms with Gasteiger partial charge in [-0.1, -0.05) is 6.92 Å². The molecule has 0 amide bonds. The van der Waals surface area contributed by atoms with Crippen molar-refractivity contribution >= 4 is 0 Å². The van der Waals surface area contributed by atoms with Crippen LogP contribution >= 0.6 is 0 Å². The van der Waals surface area contributed by atoms with Crippen LogP contribution in [0.5, 0.6) is 11.5 Å². The summed E-state index contributed by atoms with van der Waals surface area (Å²) >= 11 is 0. The molecule has 0 radical (unpaired) electrons. The molecule has 106 valence electrons. The molecule has 0 aromatic heterocycles. The molecule has 2 atom stereocenters. The lowest BCUT2D eigenvalue weighted by Crippen LogP contribution is -2.31. The molecular weight excluding hydrogens is 242 g/mol. The fraction of sp³-hybridized carbons (Fsp3) is 0.600. The highest BCUT2D eigenvalue weighted by molar-refractivity contribution is 5.43. The molecule has 0 bridgehead atoms. The van der Waals surface area contributed by atoms with Crippen molar-refractivity contribution in [2.45, 2.75) is 19.4 Å². The molecule has 0 aliphatic carbocycles. The fourth-order valence-corrected chi connectivity index (χ4v) is 2.40. The van der Waals surface area contributed by atoms with Gasteiger partial charge in [-0.25, -0.2) is 0 Å². The Balaban J connectivity index is 2.04. The van der Waals surface area contributed by atoms with Crippen molar-refractivity contribution in [3.05, 3.63) is 23.8 Å². The minimum absolute atomic E-state index is 0.332. The lowest BCUT2D eigenvalue weighted by molar-refractivity contribution is 0.154. The first-order chi connectivity index (χ1) is 9.24. The summed E-state index contributed by atoms with van der Waals surface area (Å²) < 4.78 is 16.1. The molecule has 2 unspecified atom stereocenters. The SMILES string of the molecule is COCC(C)CNC1CCOc2ccc(OC)cc21. The van der Waals surface area contributed by atoms with Crippen LogP contribution in [0.1, 0.15) is 24.9 Å². The van der Waals surface area contributed by atoms with Crippen LogP contribution < -0.4 is 14.8 Å². The molecule has 0 saturated heterocycles. The van der Waals surface area contributed by atoms with E-state index in [0.29, 0.717) is 12.0 Å². The van der Waals surface area contributed by atoms with Gasteiger partial charge < -0.3 is 19.5 Å². The van der Waals surface area contributed by atoms with Gasteiger partial charge >= 0.3 is 0 Å². The standard InChI is InChI=1S/C15H23NO3/c1-11(10-17-2)9-16-14-6-7-19-15-5-4-12(18-3)8-13(14)15/h4-5,8,11,14,16H,6-7,9-10H2,1-3H3. The molecule has 1 N–H and O–H groups in total. The maximum atomic E-state index is 5.69. The summed E-state index contributed by atoms with van der Waals surface area (Å²) in [5.74, 6) is 2.34. The summed E-state index contributed by atoms with van der Waals surface area (Å²) in [5, 5.41) is 3.60. The van der Waals surface area contributed by atoms with E-state index in [1.54, 1.807) is 14.2 Å². The summed E-state index contributed by atoms with van der Waals surface area (Å²) in [4.78, 5) is 0. The van der Waals surface area contributed by atoms with Crippen LogP contribution in [-0.4, -0.2) is 34.0 Å². The molecular formula is C15H23NO3. The smallest absolute Gasteiger partial charge is 0.124 e. The van der Waals surface area contributed by atoms with Crippen LogP contribution in [0.15, 0.2) is 18.2 Å². The first-order valence-electron chi connectivity index (χ1n) is 6.77. The van der Waals surface area contributed by atoms with Crippen molar-refractivity contribution in [1.82, 2.24) is 5.32 Å². The van der Waals surface area contributed by atoms with E-state index >= 15 is 0 Å². The van der Waals surface area contributed by atoms with E-state index in [2.05, 4.69) is 18.3 Å². The quantitative estimate of drug-likeness (QED) is 0.857. The van der Waals surface area contributed by atoms with Gasteiger partial charge in [0.2, 0.25) is 0 Å². The van der Waals surface area contributed by atoms with Gasteiger partial charge in [0.15, 0.2) is 0 Å². The second-order valence-corrected chi connectivity index (χ2v) is 5.06.